The van der Waals surface area contributed by atoms with Crippen LogP contribution in [0.2, 0.25) is 0 Å². The molecule has 0 atom stereocenters. The predicted octanol–water partition coefficient (Wildman–Crippen LogP) is 2.50. The van der Waals surface area contributed by atoms with E-state index >= 15 is 0 Å². The van der Waals surface area contributed by atoms with Gasteiger partial charge in [0.25, 0.3) is 0 Å². The van der Waals surface area contributed by atoms with E-state index in [1.54, 1.807) is 0 Å². The first-order chi connectivity index (χ1) is 14.3. The van der Waals surface area contributed by atoms with Gasteiger partial charge >= 0.3 is 0 Å². The lowest BCUT2D eigenvalue weighted by Crippen LogP contribution is -2.47. The Balaban J connectivity index is 1.18. The van der Waals surface area contributed by atoms with Crippen LogP contribution in [0.4, 0.5) is 5.69 Å². The van der Waals surface area contributed by atoms with Gasteiger partial charge in [0.05, 0.1) is 29.0 Å². The van der Waals surface area contributed by atoms with Crippen molar-refractivity contribution in [2.75, 3.05) is 50.8 Å². The number of ether oxygens (including phenoxy) is 2. The Morgan fingerprint density at radius 2 is 1.76 bits per heavy atom. The van der Waals surface area contributed by atoms with Gasteiger partial charge in [-0.1, -0.05) is 0 Å². The third kappa shape index (κ3) is 3.59. The molecule has 0 spiro atoms. The second-order valence-corrected chi connectivity index (χ2v) is 7.41. The number of nitriles is 1. The van der Waals surface area contributed by atoms with Crippen molar-refractivity contribution in [2.45, 2.75) is 6.54 Å². The summed E-state index contributed by atoms with van der Waals surface area (Å²) in [6.07, 6.45) is 1.87. The molecule has 3 aromatic rings. The molecule has 2 aliphatic rings. The third-order valence-corrected chi connectivity index (χ3v) is 5.67. The van der Waals surface area contributed by atoms with Crippen molar-refractivity contribution in [1.29, 1.82) is 5.26 Å². The molecule has 0 N–H and O–H groups in total. The lowest BCUT2D eigenvalue weighted by molar-refractivity contribution is 0.171. The largest absolute Gasteiger partial charge is 0.486 e. The zero-order valence-corrected chi connectivity index (χ0v) is 16.3. The smallest absolute Gasteiger partial charge is 0.163 e. The molecule has 0 aliphatic carbocycles. The van der Waals surface area contributed by atoms with Crippen LogP contribution in [0.25, 0.3) is 11.0 Å². The number of imidazole rings is 1. The maximum atomic E-state index is 9.03. The van der Waals surface area contributed by atoms with E-state index in [0.29, 0.717) is 18.8 Å². The number of nitrogens with zero attached hydrogens (tertiary/aromatic N) is 5. The summed E-state index contributed by atoms with van der Waals surface area (Å²) < 4.78 is 13.5. The van der Waals surface area contributed by atoms with E-state index in [2.05, 4.69) is 37.6 Å². The van der Waals surface area contributed by atoms with Gasteiger partial charge in [-0.05, 0) is 30.3 Å². The van der Waals surface area contributed by atoms with Crippen LogP contribution in [0, 0.1) is 11.3 Å². The molecular weight excluding hydrogens is 366 g/mol. The normalized spacial score (nSPS) is 16.7. The van der Waals surface area contributed by atoms with E-state index in [4.69, 9.17) is 14.7 Å². The van der Waals surface area contributed by atoms with Crippen molar-refractivity contribution in [1.82, 2.24) is 14.5 Å². The number of rotatable bonds is 4. The highest BCUT2D eigenvalue weighted by Crippen LogP contribution is 2.34. The molecule has 0 unspecified atom stereocenters. The third-order valence-electron chi connectivity index (χ3n) is 5.67. The lowest BCUT2D eigenvalue weighted by atomic mass is 10.2. The number of anilines is 1. The Kier molecular flexibility index (Phi) is 4.70. The SMILES string of the molecule is N#Cc1ccc2c(c1)ncn2CCN1CCN(c2ccc3c(c2)OCCO3)CC1. The molecule has 0 radical (unpaired) electrons. The van der Waals surface area contributed by atoms with Crippen molar-refractivity contribution in [3.8, 4) is 17.6 Å². The molecule has 0 amide bonds. The Morgan fingerprint density at radius 3 is 2.59 bits per heavy atom. The molecule has 0 saturated carbocycles. The van der Waals surface area contributed by atoms with E-state index < -0.39 is 0 Å². The monoisotopic (exact) mass is 389 g/mol. The Morgan fingerprint density at radius 1 is 0.931 bits per heavy atom. The summed E-state index contributed by atoms with van der Waals surface area (Å²) in [5.74, 6) is 1.69. The zero-order chi connectivity index (χ0) is 19.6. The van der Waals surface area contributed by atoms with Gasteiger partial charge in [-0.3, -0.25) is 4.90 Å². The van der Waals surface area contributed by atoms with Crippen LogP contribution in [0.1, 0.15) is 5.56 Å². The van der Waals surface area contributed by atoms with E-state index in [9.17, 15) is 0 Å². The highest BCUT2D eigenvalue weighted by atomic mass is 16.6. The van der Waals surface area contributed by atoms with Crippen LogP contribution >= 0.6 is 0 Å². The number of piperazine rings is 1. The highest BCUT2D eigenvalue weighted by Gasteiger charge is 2.20. The molecule has 2 aromatic carbocycles. The van der Waals surface area contributed by atoms with Crippen molar-refractivity contribution in [3.63, 3.8) is 0 Å². The average molecular weight is 389 g/mol. The minimum atomic E-state index is 0.616. The van der Waals surface area contributed by atoms with Crippen LogP contribution in [0.5, 0.6) is 11.5 Å². The fourth-order valence-corrected chi connectivity index (χ4v) is 4.02. The van der Waals surface area contributed by atoms with Gasteiger partial charge in [-0.25, -0.2) is 4.98 Å². The Hall–Kier alpha value is -3.24. The highest BCUT2D eigenvalue weighted by molar-refractivity contribution is 5.76. The molecule has 148 valence electrons. The van der Waals surface area contributed by atoms with Crippen molar-refractivity contribution in [2.24, 2.45) is 0 Å². The standard InChI is InChI=1S/C22H23N5O2/c23-15-17-1-3-20-19(13-17)24-16-27(20)10-7-25-5-8-26(9-6-25)18-2-4-21-22(14-18)29-12-11-28-21/h1-4,13-14,16H,5-12H2. The van der Waals surface area contributed by atoms with Gasteiger partial charge < -0.3 is 18.9 Å². The first kappa shape index (κ1) is 17.8. The Bertz CT molecular complexity index is 1060. The summed E-state index contributed by atoms with van der Waals surface area (Å²) in [5, 5.41) is 9.03. The quantitative estimate of drug-likeness (QED) is 0.683. The molecule has 2 aliphatic heterocycles. The van der Waals surface area contributed by atoms with Gasteiger partial charge in [0.15, 0.2) is 11.5 Å². The van der Waals surface area contributed by atoms with E-state index in [1.165, 1.54) is 5.69 Å². The van der Waals surface area contributed by atoms with Crippen LogP contribution in [-0.4, -0.2) is 60.4 Å². The van der Waals surface area contributed by atoms with Gasteiger partial charge in [0, 0.05) is 51.0 Å². The van der Waals surface area contributed by atoms with E-state index in [0.717, 1.165) is 61.8 Å². The fourth-order valence-electron chi connectivity index (χ4n) is 4.02. The van der Waals surface area contributed by atoms with E-state index in [1.807, 2.05) is 30.6 Å². The molecule has 0 bridgehead atoms. The molecule has 1 aromatic heterocycles. The molecule has 3 heterocycles. The Labute approximate surface area is 169 Å². The number of hydrogen-bond donors (Lipinski definition) is 0. The average Bonchev–Trinajstić information content (AvgIpc) is 3.20. The number of fused-ring (bicyclic) bond motifs is 2. The number of hydrogen-bond acceptors (Lipinski definition) is 6. The summed E-state index contributed by atoms with van der Waals surface area (Å²) in [4.78, 5) is 9.34. The van der Waals surface area contributed by atoms with Gasteiger partial charge in [-0.15, -0.1) is 0 Å². The van der Waals surface area contributed by atoms with Crippen LogP contribution in [-0.2, 0) is 6.54 Å². The predicted molar refractivity (Wildman–Crippen MR) is 111 cm³/mol. The second kappa shape index (κ2) is 7.64. The lowest BCUT2D eigenvalue weighted by Gasteiger charge is -2.36. The van der Waals surface area contributed by atoms with Crippen LogP contribution < -0.4 is 14.4 Å². The molecule has 1 saturated heterocycles. The van der Waals surface area contributed by atoms with Gasteiger partial charge in [-0.2, -0.15) is 5.26 Å². The minimum absolute atomic E-state index is 0.616. The maximum absolute atomic E-state index is 9.03. The number of aromatic nitrogens is 2. The second-order valence-electron chi connectivity index (χ2n) is 7.41. The topological polar surface area (TPSA) is 66.6 Å². The molecule has 5 rings (SSSR count). The first-order valence-corrected chi connectivity index (χ1v) is 10.0. The van der Waals surface area contributed by atoms with Crippen LogP contribution in [0.3, 0.4) is 0 Å². The first-order valence-electron chi connectivity index (χ1n) is 10.0. The summed E-state index contributed by atoms with van der Waals surface area (Å²) in [6.45, 7) is 7.17. The zero-order valence-electron chi connectivity index (χ0n) is 16.3. The van der Waals surface area contributed by atoms with Crippen molar-refractivity contribution in [3.05, 3.63) is 48.3 Å². The van der Waals surface area contributed by atoms with E-state index in [-0.39, 0.29) is 0 Å². The summed E-state index contributed by atoms with van der Waals surface area (Å²) in [5.41, 5.74) is 3.81. The summed E-state index contributed by atoms with van der Waals surface area (Å²) in [7, 11) is 0. The van der Waals surface area contributed by atoms with Crippen molar-refractivity contribution < 1.29 is 9.47 Å². The van der Waals surface area contributed by atoms with Gasteiger partial charge in [0.1, 0.15) is 13.2 Å². The fraction of sp³-hybridized carbons (Fsp3) is 0.364. The van der Waals surface area contributed by atoms with Gasteiger partial charge in [0.2, 0.25) is 0 Å². The van der Waals surface area contributed by atoms with Crippen LogP contribution in [0.15, 0.2) is 42.7 Å². The van der Waals surface area contributed by atoms with Crippen molar-refractivity contribution >= 4 is 16.7 Å². The molecule has 7 heteroatoms. The minimum Gasteiger partial charge on any atom is -0.486 e. The number of benzene rings is 2. The maximum Gasteiger partial charge on any atom is 0.163 e. The molecule has 1 fully saturated rings. The molecule has 29 heavy (non-hydrogen) atoms. The summed E-state index contributed by atoms with van der Waals surface area (Å²) >= 11 is 0. The summed E-state index contributed by atoms with van der Waals surface area (Å²) in [6, 6.07) is 14.1. The molecule has 7 nitrogen and oxygen atoms in total. The molecular formula is C22H23N5O2.